The monoisotopic (exact) mass is 338 g/mol. The van der Waals surface area contributed by atoms with Gasteiger partial charge >= 0.3 is 5.97 Å². The molecule has 4 heteroatoms. The molecule has 0 N–H and O–H groups in total. The van der Waals surface area contributed by atoms with Gasteiger partial charge in [0, 0.05) is 13.0 Å². The topological polar surface area (TPSA) is 44.8 Å². The normalized spacial score (nSPS) is 37.7. The summed E-state index contributed by atoms with van der Waals surface area (Å²) in [7, 11) is 0. The molecule has 0 spiro atoms. The first-order valence-corrected chi connectivity index (χ1v) is 9.77. The predicted octanol–water partition coefficient (Wildman–Crippen LogP) is 4.46. The Hall–Kier alpha value is -0.610. The van der Waals surface area contributed by atoms with Gasteiger partial charge in [0.1, 0.15) is 12.4 Å². The van der Waals surface area contributed by atoms with E-state index in [4.69, 9.17) is 14.2 Å². The molecule has 4 aliphatic carbocycles. The molecule has 4 rings (SSSR count). The summed E-state index contributed by atoms with van der Waals surface area (Å²) in [6.07, 6.45) is 8.21. The van der Waals surface area contributed by atoms with Gasteiger partial charge in [-0.2, -0.15) is 0 Å². The molecule has 138 valence electrons. The minimum absolute atomic E-state index is 0.0377. The summed E-state index contributed by atoms with van der Waals surface area (Å²) in [5.41, 5.74) is -0.825. The lowest BCUT2D eigenvalue weighted by Gasteiger charge is -2.60. The zero-order valence-corrected chi connectivity index (χ0v) is 15.9. The van der Waals surface area contributed by atoms with E-state index in [2.05, 4.69) is 13.8 Å². The highest BCUT2D eigenvalue weighted by atomic mass is 16.7. The molecule has 2 unspecified atom stereocenters. The van der Waals surface area contributed by atoms with Crippen LogP contribution in [-0.2, 0) is 19.0 Å². The van der Waals surface area contributed by atoms with Crippen LogP contribution in [-0.4, -0.2) is 30.6 Å². The Morgan fingerprint density at radius 2 is 1.71 bits per heavy atom. The summed E-state index contributed by atoms with van der Waals surface area (Å²) < 4.78 is 18.0. The van der Waals surface area contributed by atoms with Crippen molar-refractivity contribution >= 4 is 5.97 Å². The van der Waals surface area contributed by atoms with Gasteiger partial charge in [-0.1, -0.05) is 13.8 Å². The van der Waals surface area contributed by atoms with Gasteiger partial charge in [-0.15, -0.1) is 0 Å². The van der Waals surface area contributed by atoms with E-state index in [-0.39, 0.29) is 17.2 Å². The SMILES string of the molecule is CCCOCOC12CC3CC(C1)CC(OC(=O)C(C)(C)CC)(C3)C2. The lowest BCUT2D eigenvalue weighted by atomic mass is 9.52. The molecule has 4 bridgehead atoms. The van der Waals surface area contributed by atoms with Crippen molar-refractivity contribution in [1.29, 1.82) is 0 Å². The van der Waals surface area contributed by atoms with E-state index >= 15 is 0 Å². The van der Waals surface area contributed by atoms with Crippen LogP contribution in [0.5, 0.6) is 0 Å². The average molecular weight is 338 g/mol. The molecule has 4 nitrogen and oxygen atoms in total. The molecule has 0 saturated heterocycles. The quantitative estimate of drug-likeness (QED) is 0.372. The van der Waals surface area contributed by atoms with Crippen LogP contribution >= 0.6 is 0 Å². The average Bonchev–Trinajstić information content (AvgIpc) is 2.49. The van der Waals surface area contributed by atoms with E-state index in [1.165, 1.54) is 6.42 Å². The second kappa shape index (κ2) is 6.60. The molecule has 0 amide bonds. The van der Waals surface area contributed by atoms with E-state index in [1.807, 2.05) is 13.8 Å². The summed E-state index contributed by atoms with van der Waals surface area (Å²) in [6, 6.07) is 0. The standard InChI is InChI=1S/C20H34O4/c1-5-7-22-14-23-19-9-15-8-16(10-19)12-20(11-15,13-19)24-17(21)18(3,4)6-2/h15-16H,5-14H2,1-4H3. The highest BCUT2D eigenvalue weighted by molar-refractivity contribution is 5.76. The van der Waals surface area contributed by atoms with E-state index in [9.17, 15) is 4.79 Å². The summed E-state index contributed by atoms with van der Waals surface area (Å²) in [5.74, 6) is 1.23. The van der Waals surface area contributed by atoms with Gasteiger partial charge in [0.15, 0.2) is 0 Å². The van der Waals surface area contributed by atoms with Gasteiger partial charge in [0.05, 0.1) is 11.0 Å². The van der Waals surface area contributed by atoms with Crippen molar-refractivity contribution in [2.45, 2.75) is 90.3 Å². The minimum atomic E-state index is -0.401. The number of ether oxygens (including phenoxy) is 3. The first-order chi connectivity index (χ1) is 11.3. The smallest absolute Gasteiger partial charge is 0.312 e. The first-order valence-electron chi connectivity index (χ1n) is 9.77. The van der Waals surface area contributed by atoms with Crippen LogP contribution in [0.15, 0.2) is 0 Å². The third-order valence-corrected chi connectivity index (χ3v) is 6.50. The fraction of sp³-hybridized carbons (Fsp3) is 0.950. The van der Waals surface area contributed by atoms with Crippen molar-refractivity contribution < 1.29 is 19.0 Å². The highest BCUT2D eigenvalue weighted by Gasteiger charge is 2.60. The lowest BCUT2D eigenvalue weighted by molar-refractivity contribution is -0.256. The van der Waals surface area contributed by atoms with Crippen molar-refractivity contribution in [2.24, 2.45) is 17.3 Å². The molecule has 4 aliphatic rings. The number of carbonyl (C=O) groups excluding carboxylic acids is 1. The Bertz CT molecular complexity index is 456. The Labute approximate surface area is 146 Å². The van der Waals surface area contributed by atoms with Crippen LogP contribution in [0.25, 0.3) is 0 Å². The molecule has 0 aromatic heterocycles. The number of esters is 1. The number of carbonyl (C=O) groups is 1. The van der Waals surface area contributed by atoms with Crippen LogP contribution in [0.1, 0.15) is 79.1 Å². The summed E-state index contributed by atoms with van der Waals surface area (Å²) in [4.78, 5) is 12.7. The van der Waals surface area contributed by atoms with Crippen molar-refractivity contribution in [1.82, 2.24) is 0 Å². The van der Waals surface area contributed by atoms with Crippen molar-refractivity contribution in [2.75, 3.05) is 13.4 Å². The first kappa shape index (κ1) is 18.2. The van der Waals surface area contributed by atoms with E-state index in [0.717, 1.165) is 51.6 Å². The largest absolute Gasteiger partial charge is 0.459 e. The van der Waals surface area contributed by atoms with Gasteiger partial charge < -0.3 is 14.2 Å². The molecular formula is C20H34O4. The molecule has 24 heavy (non-hydrogen) atoms. The highest BCUT2D eigenvalue weighted by Crippen LogP contribution is 2.60. The fourth-order valence-electron chi connectivity index (χ4n) is 5.23. The van der Waals surface area contributed by atoms with E-state index in [0.29, 0.717) is 18.6 Å². The molecule has 4 fully saturated rings. The minimum Gasteiger partial charge on any atom is -0.459 e. The third-order valence-electron chi connectivity index (χ3n) is 6.50. The van der Waals surface area contributed by atoms with E-state index < -0.39 is 5.41 Å². The Kier molecular flexibility index (Phi) is 5.00. The van der Waals surface area contributed by atoms with Crippen LogP contribution < -0.4 is 0 Å². The van der Waals surface area contributed by atoms with Crippen LogP contribution in [0, 0.1) is 17.3 Å². The van der Waals surface area contributed by atoms with Crippen LogP contribution in [0.2, 0.25) is 0 Å². The predicted molar refractivity (Wildman–Crippen MR) is 92.5 cm³/mol. The number of rotatable bonds is 8. The second-order valence-corrected chi connectivity index (χ2v) is 9.12. The molecule has 0 radical (unpaired) electrons. The zero-order chi connectivity index (χ0) is 17.4. The Morgan fingerprint density at radius 1 is 1.08 bits per heavy atom. The maximum atomic E-state index is 12.7. The Morgan fingerprint density at radius 3 is 2.29 bits per heavy atom. The summed E-state index contributed by atoms with van der Waals surface area (Å²) in [5, 5.41) is 0. The fourth-order valence-corrected chi connectivity index (χ4v) is 5.23. The maximum Gasteiger partial charge on any atom is 0.312 e. The maximum absolute atomic E-state index is 12.7. The summed E-state index contributed by atoms with van der Waals surface area (Å²) >= 11 is 0. The van der Waals surface area contributed by atoms with Crippen LogP contribution in [0.3, 0.4) is 0 Å². The molecule has 0 aromatic rings. The number of hydrogen-bond donors (Lipinski definition) is 0. The van der Waals surface area contributed by atoms with Gasteiger partial charge in [-0.05, 0) is 70.6 Å². The molecule has 0 heterocycles. The molecule has 0 aromatic carbocycles. The zero-order valence-electron chi connectivity index (χ0n) is 15.9. The molecular weight excluding hydrogens is 304 g/mol. The molecule has 4 saturated carbocycles. The van der Waals surface area contributed by atoms with Gasteiger partial charge in [-0.3, -0.25) is 4.79 Å². The number of hydrogen-bond acceptors (Lipinski definition) is 4. The van der Waals surface area contributed by atoms with E-state index in [1.54, 1.807) is 0 Å². The van der Waals surface area contributed by atoms with Gasteiger partial charge in [0.25, 0.3) is 0 Å². The molecule has 0 aliphatic heterocycles. The van der Waals surface area contributed by atoms with Gasteiger partial charge in [-0.25, -0.2) is 0 Å². The molecule has 2 atom stereocenters. The summed E-state index contributed by atoms with van der Waals surface area (Å²) in [6.45, 7) is 9.25. The van der Waals surface area contributed by atoms with Crippen molar-refractivity contribution in [3.05, 3.63) is 0 Å². The Balaban J connectivity index is 1.70. The lowest BCUT2D eigenvalue weighted by Crippen LogP contribution is -2.62. The second-order valence-electron chi connectivity index (χ2n) is 9.12. The van der Waals surface area contributed by atoms with Crippen molar-refractivity contribution in [3.8, 4) is 0 Å². The van der Waals surface area contributed by atoms with Gasteiger partial charge in [0.2, 0.25) is 0 Å². The third kappa shape index (κ3) is 3.50. The van der Waals surface area contributed by atoms with Crippen molar-refractivity contribution in [3.63, 3.8) is 0 Å². The van der Waals surface area contributed by atoms with Crippen LogP contribution in [0.4, 0.5) is 0 Å².